The Morgan fingerprint density at radius 1 is 1.16 bits per heavy atom. The van der Waals surface area contributed by atoms with E-state index in [1.807, 2.05) is 51.2 Å². The lowest BCUT2D eigenvalue weighted by atomic mass is 9.73. The van der Waals surface area contributed by atoms with Crippen LogP contribution in [0.3, 0.4) is 0 Å². The van der Waals surface area contributed by atoms with Gasteiger partial charge in [0.1, 0.15) is 6.10 Å². The van der Waals surface area contributed by atoms with Crippen molar-refractivity contribution in [1.82, 2.24) is 0 Å². The van der Waals surface area contributed by atoms with Gasteiger partial charge in [-0.2, -0.15) is 0 Å². The molecule has 0 aromatic rings. The Morgan fingerprint density at radius 3 is 2.70 bits per heavy atom. The van der Waals surface area contributed by atoms with Crippen LogP contribution in [0, 0.1) is 11.3 Å². The second-order valence-corrected chi connectivity index (χ2v) is 12.1. The fraction of sp³-hybridized carbons (Fsp3) is 0.600. The number of aliphatic hydroxyl groups excluding tert-OH is 3. The maximum absolute atomic E-state index is 12.9. The first-order chi connectivity index (χ1) is 21.1. The van der Waals surface area contributed by atoms with E-state index in [0.29, 0.717) is 32.1 Å². The predicted molar refractivity (Wildman–Crippen MR) is 167 cm³/mol. The topological polar surface area (TPSA) is 132 Å². The smallest absolute Gasteiger partial charge is 0.335 e. The number of allylic oxidation sites excluding steroid dienone is 6. The van der Waals surface area contributed by atoms with Crippen LogP contribution in [0.5, 0.6) is 0 Å². The summed E-state index contributed by atoms with van der Waals surface area (Å²) in [5.74, 6) is -1.21. The average molecular weight is 615 g/mol. The van der Waals surface area contributed by atoms with E-state index in [4.69, 9.17) is 18.9 Å². The van der Waals surface area contributed by atoms with Gasteiger partial charge in [0.25, 0.3) is 0 Å². The first-order valence-corrected chi connectivity index (χ1v) is 15.7. The molecule has 0 saturated carbocycles. The minimum Gasteiger partial charge on any atom is -0.464 e. The van der Waals surface area contributed by atoms with Gasteiger partial charge < -0.3 is 34.3 Å². The van der Waals surface area contributed by atoms with Crippen molar-refractivity contribution in [2.24, 2.45) is 11.3 Å². The molecule has 2 saturated heterocycles. The van der Waals surface area contributed by atoms with Crippen LogP contribution in [-0.4, -0.2) is 83.2 Å². The molecular formula is C35H50O9. The van der Waals surface area contributed by atoms with E-state index in [0.717, 1.165) is 5.57 Å². The van der Waals surface area contributed by atoms with Crippen molar-refractivity contribution in [3.63, 3.8) is 0 Å². The van der Waals surface area contributed by atoms with Crippen molar-refractivity contribution in [2.45, 2.75) is 109 Å². The molecule has 3 heterocycles. The number of ether oxygens (including phenoxy) is 4. The summed E-state index contributed by atoms with van der Waals surface area (Å²) >= 11 is 0. The fourth-order valence-corrected chi connectivity index (χ4v) is 5.67. The Morgan fingerprint density at radius 2 is 1.95 bits per heavy atom. The summed E-state index contributed by atoms with van der Waals surface area (Å²) in [7, 11) is 0. The third-order valence-corrected chi connectivity index (χ3v) is 8.58. The molecule has 0 unspecified atom stereocenters. The maximum Gasteiger partial charge on any atom is 0.335 e. The summed E-state index contributed by atoms with van der Waals surface area (Å²) in [5.41, 5.74) is 0.162. The lowest BCUT2D eigenvalue weighted by Crippen LogP contribution is -2.55. The zero-order chi connectivity index (χ0) is 32.1. The van der Waals surface area contributed by atoms with Gasteiger partial charge >= 0.3 is 11.9 Å². The average Bonchev–Trinajstić information content (AvgIpc) is 2.98. The van der Waals surface area contributed by atoms with E-state index < -0.39 is 41.8 Å². The van der Waals surface area contributed by atoms with Crippen molar-refractivity contribution < 1.29 is 43.9 Å². The molecule has 0 aromatic carbocycles. The van der Waals surface area contributed by atoms with Crippen LogP contribution in [0.2, 0.25) is 0 Å². The lowest BCUT2D eigenvalue weighted by molar-refractivity contribution is -0.198. The molecule has 3 aliphatic heterocycles. The van der Waals surface area contributed by atoms with Crippen LogP contribution in [-0.2, 0) is 28.5 Å². The quantitative estimate of drug-likeness (QED) is 0.281. The molecule has 244 valence electrons. The second kappa shape index (κ2) is 17.6. The van der Waals surface area contributed by atoms with Crippen molar-refractivity contribution in [1.29, 1.82) is 0 Å². The van der Waals surface area contributed by atoms with Gasteiger partial charge in [-0.25, -0.2) is 9.59 Å². The molecule has 3 rings (SSSR count). The molecule has 0 amide bonds. The van der Waals surface area contributed by atoms with E-state index in [2.05, 4.69) is 6.08 Å². The zero-order valence-electron chi connectivity index (χ0n) is 26.4. The van der Waals surface area contributed by atoms with Crippen molar-refractivity contribution in [3.8, 4) is 0 Å². The lowest BCUT2D eigenvalue weighted by Gasteiger charge is -2.47. The van der Waals surface area contributed by atoms with E-state index in [1.165, 1.54) is 6.08 Å². The van der Waals surface area contributed by atoms with Gasteiger partial charge in [-0.3, -0.25) is 0 Å². The molecule has 2 fully saturated rings. The molecule has 44 heavy (non-hydrogen) atoms. The summed E-state index contributed by atoms with van der Waals surface area (Å²) in [6, 6.07) is 0. The second-order valence-electron chi connectivity index (χ2n) is 12.1. The van der Waals surface area contributed by atoms with Crippen LogP contribution in [0.1, 0.15) is 66.2 Å². The van der Waals surface area contributed by atoms with E-state index in [-0.39, 0.29) is 43.9 Å². The number of carbonyl (C=O) groups excluding carboxylic acids is 2. The SMILES string of the molecule is CCOC(=O)[C@@H](O)CC=CC[C@@H]1O[C@@H]2C=CCC=CC(C)=C[C@H]3O[C@@H](CC=CC=CC(=O)O[C@H](C2)[C@@]1(C)CO)C[C@H](O)[C@H]3C. The summed E-state index contributed by atoms with van der Waals surface area (Å²) in [4.78, 5) is 24.6. The van der Waals surface area contributed by atoms with Crippen molar-refractivity contribution in [3.05, 3.63) is 72.4 Å². The van der Waals surface area contributed by atoms with Gasteiger partial charge in [-0.15, -0.1) is 0 Å². The van der Waals surface area contributed by atoms with Crippen LogP contribution in [0.15, 0.2) is 72.4 Å². The molecule has 0 aromatic heterocycles. The third-order valence-electron chi connectivity index (χ3n) is 8.58. The van der Waals surface area contributed by atoms with Crippen LogP contribution < -0.4 is 0 Å². The minimum absolute atomic E-state index is 0.0163. The number of rotatable bonds is 7. The Hall–Kier alpha value is -2.82. The third kappa shape index (κ3) is 10.4. The predicted octanol–water partition coefficient (Wildman–Crippen LogP) is 4.43. The maximum atomic E-state index is 12.9. The van der Waals surface area contributed by atoms with Gasteiger partial charge in [-0.05, 0) is 33.1 Å². The number of hydrogen-bond donors (Lipinski definition) is 3. The molecule has 0 aliphatic carbocycles. The first-order valence-electron chi connectivity index (χ1n) is 15.7. The Balaban J connectivity index is 1.80. The molecule has 9 atom stereocenters. The number of aliphatic hydroxyl groups is 3. The highest BCUT2D eigenvalue weighted by atomic mass is 16.6. The summed E-state index contributed by atoms with van der Waals surface area (Å²) < 4.78 is 23.4. The van der Waals surface area contributed by atoms with E-state index in [1.54, 1.807) is 31.2 Å². The molecular weight excluding hydrogens is 564 g/mol. The summed E-state index contributed by atoms with van der Waals surface area (Å²) in [6.07, 6.45) is 19.4. The van der Waals surface area contributed by atoms with Gasteiger partial charge in [0.15, 0.2) is 6.10 Å². The standard InChI is InChI=1S/C35H50O9/c1-5-41-34(40)28(37)17-12-13-18-31-35(4,23-36)32-22-27(43-31)16-9-6-8-14-24(2)20-30-25(3)29(38)21-26(42-30)15-10-7-11-19-33(39)44-32/h7-14,16,19-20,25-32,36-38H,5-6,15,17-18,21-23H2,1-4H3/t25-,26+,27-,28+,29+,30-,31+,32-,35+/m1/s1. The van der Waals surface area contributed by atoms with Crippen molar-refractivity contribution in [2.75, 3.05) is 13.2 Å². The normalized spacial score (nSPS) is 34.3. The molecule has 9 nitrogen and oxygen atoms in total. The Kier molecular flexibility index (Phi) is 14.3. The Labute approximate surface area is 261 Å². The van der Waals surface area contributed by atoms with E-state index >= 15 is 0 Å². The first kappa shape index (κ1) is 35.7. The van der Waals surface area contributed by atoms with E-state index in [9.17, 15) is 24.9 Å². The molecule has 9 heteroatoms. The van der Waals surface area contributed by atoms with Crippen LogP contribution in [0.25, 0.3) is 0 Å². The highest BCUT2D eigenvalue weighted by Gasteiger charge is 2.49. The van der Waals surface area contributed by atoms with Crippen LogP contribution >= 0.6 is 0 Å². The highest BCUT2D eigenvalue weighted by molar-refractivity contribution is 5.82. The molecule has 3 N–H and O–H groups in total. The number of hydrogen-bond acceptors (Lipinski definition) is 9. The minimum atomic E-state index is -1.25. The largest absolute Gasteiger partial charge is 0.464 e. The molecule has 0 spiro atoms. The van der Waals surface area contributed by atoms with Gasteiger partial charge in [-0.1, -0.05) is 80.2 Å². The summed E-state index contributed by atoms with van der Waals surface area (Å²) in [6.45, 7) is 7.46. The highest BCUT2D eigenvalue weighted by Crippen LogP contribution is 2.41. The van der Waals surface area contributed by atoms with Crippen molar-refractivity contribution >= 4 is 11.9 Å². The molecule has 0 radical (unpaired) electrons. The summed E-state index contributed by atoms with van der Waals surface area (Å²) in [5, 5.41) is 31.1. The van der Waals surface area contributed by atoms with Gasteiger partial charge in [0.05, 0.1) is 49.1 Å². The number of carbonyl (C=O) groups is 2. The monoisotopic (exact) mass is 614 g/mol. The van der Waals surface area contributed by atoms with Gasteiger partial charge in [0, 0.05) is 31.3 Å². The van der Waals surface area contributed by atoms with Crippen LogP contribution in [0.4, 0.5) is 0 Å². The molecule has 3 aliphatic rings. The number of esters is 2. The molecule has 4 bridgehead atoms. The zero-order valence-corrected chi connectivity index (χ0v) is 26.4. The van der Waals surface area contributed by atoms with Gasteiger partial charge in [0.2, 0.25) is 0 Å². The fourth-order valence-electron chi connectivity index (χ4n) is 5.67. The number of fused-ring (bicyclic) bond motifs is 4. The Bertz CT molecular complexity index is 1120.